The summed E-state index contributed by atoms with van der Waals surface area (Å²) in [6.45, 7) is 0.868. The van der Waals surface area contributed by atoms with Crippen LogP contribution in [0.2, 0.25) is 5.02 Å². The number of aryl methyl sites for hydroxylation is 1. The maximum atomic E-state index is 13.0. The smallest absolute Gasteiger partial charge is 0.244 e. The molecule has 2 amide bonds. The quantitative estimate of drug-likeness (QED) is 0.667. The summed E-state index contributed by atoms with van der Waals surface area (Å²) in [4.78, 5) is 27.2. The van der Waals surface area contributed by atoms with Gasteiger partial charge >= 0.3 is 0 Å². The molecule has 0 atom stereocenters. The summed E-state index contributed by atoms with van der Waals surface area (Å²) in [5.74, 6) is -0.0658. The van der Waals surface area contributed by atoms with E-state index in [2.05, 4.69) is 5.32 Å². The van der Waals surface area contributed by atoms with E-state index in [1.54, 1.807) is 30.3 Å². The van der Waals surface area contributed by atoms with Crippen molar-refractivity contribution in [1.29, 1.82) is 0 Å². The summed E-state index contributed by atoms with van der Waals surface area (Å²) in [6.07, 6.45) is 3.16. The Kier molecular flexibility index (Phi) is 6.92. The average Bonchev–Trinajstić information content (AvgIpc) is 3.29. The number of nitrogens with zero attached hydrogens (tertiary/aromatic N) is 2. The van der Waals surface area contributed by atoms with Crippen LogP contribution in [0.1, 0.15) is 31.2 Å². The number of fused-ring (bicyclic) bond motifs is 1. The van der Waals surface area contributed by atoms with Crippen LogP contribution in [0.5, 0.6) is 5.75 Å². The van der Waals surface area contributed by atoms with Gasteiger partial charge in [-0.25, -0.2) is 8.42 Å². The molecule has 0 unspecified atom stereocenters. The van der Waals surface area contributed by atoms with Gasteiger partial charge in [0.15, 0.2) is 0 Å². The summed E-state index contributed by atoms with van der Waals surface area (Å²) in [6, 6.07) is 9.70. The van der Waals surface area contributed by atoms with Gasteiger partial charge in [-0.2, -0.15) is 4.31 Å². The van der Waals surface area contributed by atoms with Crippen molar-refractivity contribution in [1.82, 2.24) is 4.31 Å². The van der Waals surface area contributed by atoms with Crippen molar-refractivity contribution in [3.8, 4) is 5.75 Å². The standard InChI is InChI=1S/C23H26ClN3O5S/c1-32-21-10-7-17(14-19(21)24)25-22(28)15-27-20-9-8-18(13-16(20)5-4-6-23(27)29)33(30,31)26-11-2-3-12-26/h7-10,13-14H,2-6,11-12,15H2,1H3,(H,25,28). The lowest BCUT2D eigenvalue weighted by Crippen LogP contribution is -2.37. The SMILES string of the molecule is COc1ccc(NC(=O)CN2C(=O)CCCc3cc(S(=O)(=O)N4CCCC4)ccc32)cc1Cl. The number of ether oxygens (including phenoxy) is 1. The Bertz CT molecular complexity index is 1180. The summed E-state index contributed by atoms with van der Waals surface area (Å²) in [5.41, 5.74) is 1.81. The van der Waals surface area contributed by atoms with E-state index in [0.29, 0.717) is 48.1 Å². The third kappa shape index (κ3) is 5.00. The lowest BCUT2D eigenvalue weighted by atomic mass is 10.1. The molecule has 10 heteroatoms. The Balaban J connectivity index is 1.56. The van der Waals surface area contributed by atoms with Crippen LogP contribution in [0.15, 0.2) is 41.3 Å². The van der Waals surface area contributed by atoms with Gasteiger partial charge in [-0.1, -0.05) is 11.6 Å². The molecule has 0 radical (unpaired) electrons. The first-order valence-corrected chi connectivity index (χ1v) is 12.7. The zero-order chi connectivity index (χ0) is 23.6. The summed E-state index contributed by atoms with van der Waals surface area (Å²) in [7, 11) is -2.06. The number of amides is 2. The molecule has 0 aliphatic carbocycles. The lowest BCUT2D eigenvalue weighted by molar-refractivity contribution is -0.121. The normalized spacial score (nSPS) is 16.9. The van der Waals surface area contributed by atoms with E-state index in [4.69, 9.17) is 16.3 Å². The van der Waals surface area contributed by atoms with Crippen molar-refractivity contribution in [2.45, 2.75) is 37.0 Å². The highest BCUT2D eigenvalue weighted by Gasteiger charge is 2.30. The molecule has 0 bridgehead atoms. The molecule has 176 valence electrons. The number of anilines is 2. The predicted octanol–water partition coefficient (Wildman–Crippen LogP) is 3.44. The Morgan fingerprint density at radius 2 is 1.85 bits per heavy atom. The van der Waals surface area contributed by atoms with Crippen molar-refractivity contribution in [2.75, 3.05) is 37.0 Å². The number of benzene rings is 2. The number of carbonyl (C=O) groups excluding carboxylic acids is 2. The van der Waals surface area contributed by atoms with Gasteiger partial charge in [-0.15, -0.1) is 0 Å². The molecule has 2 aromatic rings. The minimum atomic E-state index is -3.56. The number of methoxy groups -OCH3 is 1. The number of hydrogen-bond donors (Lipinski definition) is 1. The molecule has 1 N–H and O–H groups in total. The van der Waals surface area contributed by atoms with Gasteiger partial charge < -0.3 is 15.0 Å². The number of rotatable bonds is 6. The largest absolute Gasteiger partial charge is 0.495 e. The number of halogens is 1. The number of hydrogen-bond acceptors (Lipinski definition) is 5. The second kappa shape index (κ2) is 9.70. The van der Waals surface area contributed by atoms with E-state index in [1.165, 1.54) is 22.4 Å². The van der Waals surface area contributed by atoms with Crippen LogP contribution in [0.3, 0.4) is 0 Å². The molecule has 2 heterocycles. The monoisotopic (exact) mass is 491 g/mol. The Morgan fingerprint density at radius 3 is 2.55 bits per heavy atom. The molecule has 0 saturated carbocycles. The highest BCUT2D eigenvalue weighted by Crippen LogP contribution is 2.32. The van der Waals surface area contributed by atoms with Crippen molar-refractivity contribution < 1.29 is 22.7 Å². The van der Waals surface area contributed by atoms with Crippen LogP contribution >= 0.6 is 11.6 Å². The third-order valence-corrected chi connectivity index (χ3v) is 8.11. The molecule has 0 aromatic heterocycles. The predicted molar refractivity (Wildman–Crippen MR) is 126 cm³/mol. The van der Waals surface area contributed by atoms with Crippen LogP contribution in [0.25, 0.3) is 0 Å². The Hall–Kier alpha value is -2.62. The Morgan fingerprint density at radius 1 is 1.09 bits per heavy atom. The van der Waals surface area contributed by atoms with Gasteiger partial charge in [-0.05, 0) is 67.6 Å². The zero-order valence-corrected chi connectivity index (χ0v) is 19.9. The lowest BCUT2D eigenvalue weighted by Gasteiger charge is -2.24. The first kappa shape index (κ1) is 23.5. The first-order chi connectivity index (χ1) is 15.8. The van der Waals surface area contributed by atoms with Gasteiger partial charge in [0.2, 0.25) is 21.8 Å². The molecule has 2 aliphatic heterocycles. The minimum absolute atomic E-state index is 0.174. The highest BCUT2D eigenvalue weighted by molar-refractivity contribution is 7.89. The fraction of sp³-hybridized carbons (Fsp3) is 0.391. The van der Waals surface area contributed by atoms with E-state index in [0.717, 1.165) is 18.4 Å². The molecule has 0 spiro atoms. The molecule has 2 aliphatic rings. The van der Waals surface area contributed by atoms with Gasteiger partial charge in [0.1, 0.15) is 12.3 Å². The van der Waals surface area contributed by atoms with Crippen LogP contribution in [-0.4, -0.2) is 51.3 Å². The molecule has 1 fully saturated rings. The van der Waals surface area contributed by atoms with Gasteiger partial charge in [0.25, 0.3) is 0 Å². The van der Waals surface area contributed by atoms with Crippen molar-refractivity contribution in [2.24, 2.45) is 0 Å². The van der Waals surface area contributed by atoms with Gasteiger partial charge in [-0.3, -0.25) is 9.59 Å². The molecule has 4 rings (SSSR count). The van der Waals surface area contributed by atoms with Crippen molar-refractivity contribution in [3.63, 3.8) is 0 Å². The molecule has 8 nitrogen and oxygen atoms in total. The molecule has 1 saturated heterocycles. The minimum Gasteiger partial charge on any atom is -0.495 e. The van der Waals surface area contributed by atoms with Crippen LogP contribution in [0, 0.1) is 0 Å². The topological polar surface area (TPSA) is 96.0 Å². The third-order valence-electron chi connectivity index (χ3n) is 5.92. The van der Waals surface area contributed by atoms with Crippen LogP contribution in [-0.2, 0) is 26.0 Å². The zero-order valence-electron chi connectivity index (χ0n) is 18.3. The van der Waals surface area contributed by atoms with E-state index in [1.807, 2.05) is 0 Å². The van der Waals surface area contributed by atoms with E-state index >= 15 is 0 Å². The van der Waals surface area contributed by atoms with Gasteiger partial charge in [0.05, 0.1) is 17.0 Å². The maximum Gasteiger partial charge on any atom is 0.244 e. The number of carbonyl (C=O) groups is 2. The summed E-state index contributed by atoms with van der Waals surface area (Å²) >= 11 is 6.12. The molecule has 2 aromatic carbocycles. The fourth-order valence-corrected chi connectivity index (χ4v) is 6.05. The van der Waals surface area contributed by atoms with Crippen molar-refractivity contribution in [3.05, 3.63) is 47.0 Å². The first-order valence-electron chi connectivity index (χ1n) is 10.9. The number of sulfonamides is 1. The van der Waals surface area contributed by atoms with E-state index in [-0.39, 0.29) is 29.7 Å². The average molecular weight is 492 g/mol. The summed E-state index contributed by atoms with van der Waals surface area (Å²) < 4.78 is 32.6. The number of nitrogens with one attached hydrogen (secondary N) is 1. The molecule has 33 heavy (non-hydrogen) atoms. The molecular weight excluding hydrogens is 466 g/mol. The highest BCUT2D eigenvalue weighted by atomic mass is 35.5. The Labute approximate surface area is 198 Å². The van der Waals surface area contributed by atoms with Gasteiger partial charge in [0, 0.05) is 30.9 Å². The van der Waals surface area contributed by atoms with Crippen molar-refractivity contribution >= 4 is 44.8 Å². The fourth-order valence-electron chi connectivity index (χ4n) is 4.22. The summed E-state index contributed by atoms with van der Waals surface area (Å²) in [5, 5.41) is 3.11. The van der Waals surface area contributed by atoms with E-state index in [9.17, 15) is 18.0 Å². The second-order valence-electron chi connectivity index (χ2n) is 8.13. The van der Waals surface area contributed by atoms with E-state index < -0.39 is 10.0 Å². The molecular formula is C23H26ClN3O5S. The van der Waals surface area contributed by atoms with Crippen LogP contribution in [0.4, 0.5) is 11.4 Å². The second-order valence-corrected chi connectivity index (χ2v) is 10.5. The maximum absolute atomic E-state index is 13.0. The van der Waals surface area contributed by atoms with Crippen LogP contribution < -0.4 is 15.0 Å².